The van der Waals surface area contributed by atoms with Crippen LogP contribution in [-0.2, 0) is 4.84 Å². The number of hydrogen-bond acceptors (Lipinski definition) is 2. The molecule has 0 aliphatic carbocycles. The number of amides is 2. The van der Waals surface area contributed by atoms with Crippen molar-refractivity contribution < 1.29 is 9.63 Å². The molecule has 0 atom stereocenters. The van der Waals surface area contributed by atoms with Crippen molar-refractivity contribution in [3.8, 4) is 0 Å². The Morgan fingerprint density at radius 3 is 2.00 bits per heavy atom. The summed E-state index contributed by atoms with van der Waals surface area (Å²) in [6.45, 7) is 4.83. The van der Waals surface area contributed by atoms with Crippen LogP contribution < -0.4 is 10.8 Å². The normalized spacial score (nSPS) is 10.6. The second-order valence-electron chi connectivity index (χ2n) is 6.45. The minimum atomic E-state index is -0.328. The van der Waals surface area contributed by atoms with Gasteiger partial charge in [0.05, 0.1) is 6.61 Å². The quantitative estimate of drug-likeness (QED) is 0.345. The molecule has 0 aliphatic heterocycles. The summed E-state index contributed by atoms with van der Waals surface area (Å²) in [5.41, 5.74) is 4.36. The average molecular weight is 335 g/mol. The number of rotatable bonds is 13. The van der Waals surface area contributed by atoms with Gasteiger partial charge < -0.3 is 5.32 Å². The summed E-state index contributed by atoms with van der Waals surface area (Å²) < 4.78 is 0. The van der Waals surface area contributed by atoms with Crippen molar-refractivity contribution in [2.24, 2.45) is 0 Å². The van der Waals surface area contributed by atoms with Gasteiger partial charge in [0.25, 0.3) is 0 Å². The van der Waals surface area contributed by atoms with E-state index >= 15 is 0 Å². The van der Waals surface area contributed by atoms with Gasteiger partial charge in [-0.3, -0.25) is 4.84 Å². The topological polar surface area (TPSA) is 50.4 Å². The fraction of sp³-hybridized carbons (Fsp3) is 0.650. The van der Waals surface area contributed by atoms with Crippen molar-refractivity contribution in [2.75, 3.05) is 11.9 Å². The molecule has 0 heterocycles. The lowest BCUT2D eigenvalue weighted by molar-refractivity contribution is 0.0631. The monoisotopic (exact) mass is 334 g/mol. The third-order valence-corrected chi connectivity index (χ3v) is 4.07. The number of hydroxylamine groups is 1. The van der Waals surface area contributed by atoms with E-state index in [2.05, 4.69) is 17.7 Å². The Kier molecular flexibility index (Phi) is 11.8. The summed E-state index contributed by atoms with van der Waals surface area (Å²) in [6, 6.07) is 7.33. The van der Waals surface area contributed by atoms with Gasteiger partial charge in [0.1, 0.15) is 0 Å². The highest BCUT2D eigenvalue weighted by Crippen LogP contribution is 2.10. The van der Waals surface area contributed by atoms with Crippen molar-refractivity contribution in [3.63, 3.8) is 0 Å². The highest BCUT2D eigenvalue weighted by molar-refractivity contribution is 5.88. The van der Waals surface area contributed by atoms with Crippen molar-refractivity contribution in [1.29, 1.82) is 0 Å². The molecule has 0 fully saturated rings. The molecule has 0 radical (unpaired) electrons. The SMILES string of the molecule is CCCCCCCCCCCCONC(=O)Nc1ccc(C)cc1. The molecule has 0 aliphatic rings. The van der Waals surface area contributed by atoms with E-state index in [-0.39, 0.29) is 6.03 Å². The third kappa shape index (κ3) is 11.1. The number of anilines is 1. The molecule has 4 heteroatoms. The molecule has 0 spiro atoms. The van der Waals surface area contributed by atoms with E-state index in [9.17, 15) is 4.79 Å². The zero-order valence-electron chi connectivity index (χ0n) is 15.4. The van der Waals surface area contributed by atoms with Crippen molar-refractivity contribution in [2.45, 2.75) is 78.1 Å². The number of aryl methyl sites for hydroxylation is 1. The van der Waals surface area contributed by atoms with Crippen LogP contribution in [0.15, 0.2) is 24.3 Å². The van der Waals surface area contributed by atoms with Crippen LogP contribution in [0, 0.1) is 6.92 Å². The molecule has 2 amide bonds. The van der Waals surface area contributed by atoms with Crippen LogP contribution in [0.25, 0.3) is 0 Å². The van der Waals surface area contributed by atoms with Crippen LogP contribution in [0.5, 0.6) is 0 Å². The third-order valence-electron chi connectivity index (χ3n) is 4.07. The molecule has 1 aromatic carbocycles. The van der Waals surface area contributed by atoms with Crippen LogP contribution >= 0.6 is 0 Å². The standard InChI is InChI=1S/C20H34N2O2/c1-3-4-5-6-7-8-9-10-11-12-17-24-22-20(23)21-19-15-13-18(2)14-16-19/h13-16H,3-12,17H2,1-2H3,(H2,21,22,23). The first-order chi connectivity index (χ1) is 11.7. The van der Waals surface area contributed by atoms with Gasteiger partial charge in [-0.25, -0.2) is 10.3 Å². The zero-order chi connectivity index (χ0) is 17.5. The Bertz CT molecular complexity index is 432. The molecule has 0 saturated carbocycles. The van der Waals surface area contributed by atoms with Gasteiger partial charge >= 0.3 is 6.03 Å². The van der Waals surface area contributed by atoms with E-state index in [0.29, 0.717) is 6.61 Å². The summed E-state index contributed by atoms with van der Waals surface area (Å²) in [6.07, 6.45) is 12.9. The first kappa shape index (κ1) is 20.5. The second-order valence-corrected chi connectivity index (χ2v) is 6.45. The van der Waals surface area contributed by atoms with Crippen LogP contribution in [0.3, 0.4) is 0 Å². The molecule has 0 unspecified atom stereocenters. The van der Waals surface area contributed by atoms with Crippen LogP contribution in [0.2, 0.25) is 0 Å². The Morgan fingerprint density at radius 1 is 0.875 bits per heavy atom. The number of hydrogen-bond donors (Lipinski definition) is 2. The molecule has 0 saturated heterocycles. The lowest BCUT2D eigenvalue weighted by atomic mass is 10.1. The fourth-order valence-electron chi connectivity index (χ4n) is 2.57. The molecule has 0 bridgehead atoms. The van der Waals surface area contributed by atoms with Crippen LogP contribution in [0.4, 0.5) is 10.5 Å². The van der Waals surface area contributed by atoms with E-state index in [0.717, 1.165) is 24.1 Å². The van der Waals surface area contributed by atoms with Crippen molar-refractivity contribution in [3.05, 3.63) is 29.8 Å². The maximum Gasteiger partial charge on any atom is 0.343 e. The van der Waals surface area contributed by atoms with Gasteiger partial charge in [-0.15, -0.1) is 0 Å². The number of carbonyl (C=O) groups is 1. The van der Waals surface area contributed by atoms with Gasteiger partial charge in [0.15, 0.2) is 0 Å². The van der Waals surface area contributed by atoms with Gasteiger partial charge in [0.2, 0.25) is 0 Å². The van der Waals surface area contributed by atoms with E-state index in [1.165, 1.54) is 51.4 Å². The lowest BCUT2D eigenvalue weighted by Crippen LogP contribution is -2.29. The molecule has 24 heavy (non-hydrogen) atoms. The van der Waals surface area contributed by atoms with E-state index in [1.807, 2.05) is 31.2 Å². The Balaban J connectivity index is 1.87. The number of urea groups is 1. The Morgan fingerprint density at radius 2 is 1.42 bits per heavy atom. The summed E-state index contributed by atoms with van der Waals surface area (Å²) in [5, 5.41) is 2.73. The summed E-state index contributed by atoms with van der Waals surface area (Å²) >= 11 is 0. The molecule has 1 rings (SSSR count). The Hall–Kier alpha value is -1.55. The summed E-state index contributed by atoms with van der Waals surface area (Å²) in [7, 11) is 0. The number of unbranched alkanes of at least 4 members (excludes halogenated alkanes) is 9. The van der Waals surface area contributed by atoms with Crippen LogP contribution in [-0.4, -0.2) is 12.6 Å². The Labute approximate surface area is 147 Å². The lowest BCUT2D eigenvalue weighted by Gasteiger charge is -2.08. The molecule has 4 nitrogen and oxygen atoms in total. The molecule has 2 N–H and O–H groups in total. The van der Waals surface area contributed by atoms with Crippen LogP contribution in [0.1, 0.15) is 76.7 Å². The smallest absolute Gasteiger partial charge is 0.306 e. The zero-order valence-corrected chi connectivity index (χ0v) is 15.4. The predicted octanol–water partition coefficient (Wildman–Crippen LogP) is 5.97. The summed E-state index contributed by atoms with van der Waals surface area (Å²) in [4.78, 5) is 16.8. The first-order valence-corrected chi connectivity index (χ1v) is 9.48. The van der Waals surface area contributed by atoms with E-state index in [1.54, 1.807) is 0 Å². The second kappa shape index (κ2) is 13.8. The van der Waals surface area contributed by atoms with E-state index in [4.69, 9.17) is 4.84 Å². The predicted molar refractivity (Wildman–Crippen MR) is 101 cm³/mol. The van der Waals surface area contributed by atoms with Crippen molar-refractivity contribution in [1.82, 2.24) is 5.48 Å². The molecule has 1 aromatic rings. The summed E-state index contributed by atoms with van der Waals surface area (Å²) in [5.74, 6) is 0. The average Bonchev–Trinajstić information content (AvgIpc) is 2.58. The molecule has 136 valence electrons. The minimum Gasteiger partial charge on any atom is -0.306 e. The van der Waals surface area contributed by atoms with Gasteiger partial charge in [-0.2, -0.15) is 0 Å². The highest BCUT2D eigenvalue weighted by Gasteiger charge is 2.01. The molecule has 0 aromatic heterocycles. The largest absolute Gasteiger partial charge is 0.343 e. The number of nitrogens with one attached hydrogen (secondary N) is 2. The van der Waals surface area contributed by atoms with Gasteiger partial charge in [0, 0.05) is 5.69 Å². The van der Waals surface area contributed by atoms with Gasteiger partial charge in [-0.1, -0.05) is 82.4 Å². The maximum atomic E-state index is 11.6. The van der Waals surface area contributed by atoms with E-state index < -0.39 is 0 Å². The minimum absolute atomic E-state index is 0.328. The number of carbonyl (C=O) groups excluding carboxylic acids is 1. The highest BCUT2D eigenvalue weighted by atomic mass is 16.7. The fourth-order valence-corrected chi connectivity index (χ4v) is 2.57. The maximum absolute atomic E-state index is 11.6. The van der Waals surface area contributed by atoms with Gasteiger partial charge in [-0.05, 0) is 25.5 Å². The molecular formula is C20H34N2O2. The molecular weight excluding hydrogens is 300 g/mol. The number of benzene rings is 1. The first-order valence-electron chi connectivity index (χ1n) is 9.48. The van der Waals surface area contributed by atoms with Crippen molar-refractivity contribution >= 4 is 11.7 Å².